The zero-order valence-corrected chi connectivity index (χ0v) is 10.9. The quantitative estimate of drug-likeness (QED) is 0.857. The van der Waals surface area contributed by atoms with Gasteiger partial charge in [-0.2, -0.15) is 0 Å². The number of halogens is 1. The molecular weight excluding hydrogens is 264 g/mol. The van der Waals surface area contributed by atoms with Gasteiger partial charge in [0.15, 0.2) is 0 Å². The fraction of sp³-hybridized carbons (Fsp3) is 0.538. The Hall–Kier alpha value is -0.540. The third kappa shape index (κ3) is 1.76. The molecule has 0 bridgehead atoms. The maximum Gasteiger partial charge on any atom is 0.0366 e. The van der Waals surface area contributed by atoms with Crippen molar-refractivity contribution in [2.24, 2.45) is 11.1 Å². The van der Waals surface area contributed by atoms with Crippen molar-refractivity contribution in [3.05, 3.63) is 28.7 Å². The van der Waals surface area contributed by atoms with Crippen molar-refractivity contribution in [1.82, 2.24) is 0 Å². The Bertz CT molecular complexity index is 379. The molecule has 0 radical (unpaired) electrons. The van der Waals surface area contributed by atoms with E-state index in [1.807, 2.05) is 0 Å². The van der Waals surface area contributed by atoms with E-state index >= 15 is 0 Å². The Labute approximate surface area is 105 Å². The highest BCUT2D eigenvalue weighted by atomic mass is 79.9. The van der Waals surface area contributed by atoms with Gasteiger partial charge >= 0.3 is 0 Å². The summed E-state index contributed by atoms with van der Waals surface area (Å²) in [6.45, 7) is 2.32. The molecule has 1 heterocycles. The van der Waals surface area contributed by atoms with Crippen LogP contribution in [0.4, 0.5) is 5.69 Å². The van der Waals surface area contributed by atoms with E-state index in [4.69, 9.17) is 5.73 Å². The van der Waals surface area contributed by atoms with Crippen molar-refractivity contribution in [3.8, 4) is 0 Å². The molecule has 2 N–H and O–H groups in total. The first-order valence-electron chi connectivity index (χ1n) is 5.96. The maximum atomic E-state index is 6.01. The fourth-order valence-electron chi connectivity index (χ4n) is 2.82. The molecule has 3 rings (SSSR count). The molecule has 0 amide bonds. The van der Waals surface area contributed by atoms with E-state index in [9.17, 15) is 0 Å². The van der Waals surface area contributed by atoms with Crippen molar-refractivity contribution >= 4 is 21.6 Å². The lowest BCUT2D eigenvalue weighted by molar-refractivity contribution is 0.371. The number of hydrogen-bond donors (Lipinski definition) is 1. The van der Waals surface area contributed by atoms with Crippen molar-refractivity contribution in [2.45, 2.75) is 25.3 Å². The Kier molecular flexibility index (Phi) is 2.48. The van der Waals surface area contributed by atoms with Crippen LogP contribution >= 0.6 is 15.9 Å². The zero-order valence-electron chi connectivity index (χ0n) is 9.32. The molecule has 1 unspecified atom stereocenters. The van der Waals surface area contributed by atoms with Gasteiger partial charge in [-0.25, -0.2) is 0 Å². The lowest BCUT2D eigenvalue weighted by atomic mass is 9.92. The number of piperidine rings is 1. The monoisotopic (exact) mass is 280 g/mol. The molecule has 1 aromatic carbocycles. The summed E-state index contributed by atoms with van der Waals surface area (Å²) < 4.78 is 1.15. The van der Waals surface area contributed by atoms with Gasteiger partial charge in [-0.05, 0) is 48.9 Å². The lowest BCUT2D eigenvalue weighted by Crippen LogP contribution is -2.36. The molecule has 86 valence electrons. The molecule has 1 aliphatic carbocycles. The summed E-state index contributed by atoms with van der Waals surface area (Å²) in [7, 11) is 0. The predicted molar refractivity (Wildman–Crippen MR) is 70.6 cm³/mol. The molecule has 1 atom stereocenters. The first kappa shape index (κ1) is 10.6. The molecule has 2 fully saturated rings. The van der Waals surface area contributed by atoms with E-state index in [2.05, 4.69) is 45.1 Å². The Morgan fingerprint density at radius 1 is 1.19 bits per heavy atom. The summed E-state index contributed by atoms with van der Waals surface area (Å²) in [5.74, 6) is 0. The largest absolute Gasteiger partial charge is 0.371 e. The number of anilines is 1. The van der Waals surface area contributed by atoms with Crippen LogP contribution in [0.1, 0.15) is 19.3 Å². The number of benzene rings is 1. The van der Waals surface area contributed by atoms with Crippen molar-refractivity contribution < 1.29 is 0 Å². The third-order valence-corrected chi connectivity index (χ3v) is 4.73. The van der Waals surface area contributed by atoms with Gasteiger partial charge in [0, 0.05) is 29.3 Å². The summed E-state index contributed by atoms with van der Waals surface area (Å²) in [6, 6.07) is 9.09. The highest BCUT2D eigenvalue weighted by molar-refractivity contribution is 9.10. The van der Waals surface area contributed by atoms with Crippen LogP contribution in [0.5, 0.6) is 0 Å². The number of nitrogens with zero attached hydrogens (tertiary/aromatic N) is 1. The minimum absolute atomic E-state index is 0.486. The molecule has 1 spiro atoms. The van der Waals surface area contributed by atoms with E-state index in [0.29, 0.717) is 11.5 Å². The predicted octanol–water partition coefficient (Wildman–Crippen LogP) is 2.77. The van der Waals surface area contributed by atoms with Crippen molar-refractivity contribution in [1.29, 1.82) is 0 Å². The minimum Gasteiger partial charge on any atom is -0.371 e. The van der Waals surface area contributed by atoms with Gasteiger partial charge in [0.2, 0.25) is 0 Å². The van der Waals surface area contributed by atoms with Gasteiger partial charge in [0.25, 0.3) is 0 Å². The van der Waals surface area contributed by atoms with Crippen LogP contribution in [0, 0.1) is 5.41 Å². The standard InChI is InChI=1S/C13H17BrN2/c14-10-1-3-11(4-2-10)16-7-5-13(6-8-16)9-12(13)15/h1-4,12H,5-9,15H2. The van der Waals surface area contributed by atoms with Crippen molar-refractivity contribution in [2.75, 3.05) is 18.0 Å². The molecule has 2 nitrogen and oxygen atoms in total. The maximum absolute atomic E-state index is 6.01. The molecule has 16 heavy (non-hydrogen) atoms. The molecule has 1 saturated heterocycles. The van der Waals surface area contributed by atoms with Crippen LogP contribution in [-0.2, 0) is 0 Å². The van der Waals surface area contributed by atoms with Gasteiger partial charge in [-0.15, -0.1) is 0 Å². The van der Waals surface area contributed by atoms with Gasteiger partial charge in [-0.3, -0.25) is 0 Å². The van der Waals surface area contributed by atoms with Gasteiger partial charge in [0.05, 0.1) is 0 Å². The molecule has 1 saturated carbocycles. The number of rotatable bonds is 1. The highest BCUT2D eigenvalue weighted by Gasteiger charge is 2.52. The molecule has 0 aromatic heterocycles. The van der Waals surface area contributed by atoms with E-state index in [1.54, 1.807) is 0 Å². The van der Waals surface area contributed by atoms with Crippen LogP contribution in [0.2, 0.25) is 0 Å². The number of hydrogen-bond acceptors (Lipinski definition) is 2. The average Bonchev–Trinajstić information content (AvgIpc) is 2.91. The van der Waals surface area contributed by atoms with Crippen LogP contribution in [0.3, 0.4) is 0 Å². The first-order valence-corrected chi connectivity index (χ1v) is 6.75. The topological polar surface area (TPSA) is 29.3 Å². The lowest BCUT2D eigenvalue weighted by Gasteiger charge is -2.34. The molecule has 1 aromatic rings. The SMILES string of the molecule is NC1CC12CCN(c1ccc(Br)cc1)CC2. The van der Waals surface area contributed by atoms with Gasteiger partial charge in [-0.1, -0.05) is 15.9 Å². The first-order chi connectivity index (χ1) is 7.70. The van der Waals surface area contributed by atoms with Crippen LogP contribution in [0.25, 0.3) is 0 Å². The molecule has 1 aliphatic heterocycles. The van der Waals surface area contributed by atoms with E-state index in [0.717, 1.165) is 17.6 Å². The summed E-state index contributed by atoms with van der Waals surface area (Å²) in [4.78, 5) is 2.47. The van der Waals surface area contributed by atoms with E-state index in [-0.39, 0.29) is 0 Å². The van der Waals surface area contributed by atoms with Gasteiger partial charge < -0.3 is 10.6 Å². The summed E-state index contributed by atoms with van der Waals surface area (Å²) in [5, 5.41) is 0. The zero-order chi connectivity index (χ0) is 11.2. The second-order valence-corrected chi connectivity index (χ2v) is 6.05. The third-order valence-electron chi connectivity index (χ3n) is 4.20. The number of nitrogens with two attached hydrogens (primary N) is 1. The van der Waals surface area contributed by atoms with Crippen LogP contribution < -0.4 is 10.6 Å². The van der Waals surface area contributed by atoms with Crippen molar-refractivity contribution in [3.63, 3.8) is 0 Å². The van der Waals surface area contributed by atoms with E-state index in [1.165, 1.54) is 24.9 Å². The fourth-order valence-corrected chi connectivity index (χ4v) is 3.08. The summed E-state index contributed by atoms with van der Waals surface area (Å²) in [6.07, 6.45) is 3.79. The second-order valence-electron chi connectivity index (χ2n) is 5.14. The molecular formula is C13H17BrN2. The second kappa shape index (κ2) is 3.74. The Balaban J connectivity index is 1.68. The molecule has 3 heteroatoms. The van der Waals surface area contributed by atoms with Gasteiger partial charge in [0.1, 0.15) is 0 Å². The summed E-state index contributed by atoms with van der Waals surface area (Å²) in [5.41, 5.74) is 7.87. The average molecular weight is 281 g/mol. The minimum atomic E-state index is 0.486. The van der Waals surface area contributed by atoms with Crippen LogP contribution in [0.15, 0.2) is 28.7 Å². The van der Waals surface area contributed by atoms with Crippen LogP contribution in [-0.4, -0.2) is 19.1 Å². The highest BCUT2D eigenvalue weighted by Crippen LogP contribution is 2.52. The Morgan fingerprint density at radius 2 is 1.75 bits per heavy atom. The summed E-state index contributed by atoms with van der Waals surface area (Å²) >= 11 is 3.47. The normalized spacial score (nSPS) is 27.1. The van der Waals surface area contributed by atoms with E-state index < -0.39 is 0 Å². The smallest absolute Gasteiger partial charge is 0.0366 e. The Morgan fingerprint density at radius 3 is 2.25 bits per heavy atom. The molecule has 2 aliphatic rings.